The Balaban J connectivity index is 2.46. The Morgan fingerprint density at radius 3 is 1.84 bits per heavy atom. The summed E-state index contributed by atoms with van der Waals surface area (Å²) in [6, 6.07) is 10.0. The minimum absolute atomic E-state index is 0.0936. The van der Waals surface area contributed by atoms with Gasteiger partial charge in [-0.05, 0) is 49.2 Å². The third kappa shape index (κ3) is 6.05. The van der Waals surface area contributed by atoms with Crippen LogP contribution in [0.4, 0.5) is 5.69 Å². The van der Waals surface area contributed by atoms with Crippen molar-refractivity contribution in [3.63, 3.8) is 0 Å². The first kappa shape index (κ1) is 23.4. The first-order valence-electron chi connectivity index (χ1n) is 9.58. The van der Waals surface area contributed by atoms with Crippen LogP contribution in [-0.2, 0) is 14.4 Å². The first-order valence-corrected chi connectivity index (χ1v) is 9.58. The molecular formula is C24H25NO6. The molecule has 0 unspecified atom stereocenters. The molecule has 0 saturated heterocycles. The van der Waals surface area contributed by atoms with E-state index in [2.05, 4.69) is 18.5 Å². The molecule has 0 amide bonds. The molecule has 0 saturated carbocycles. The zero-order valence-electron chi connectivity index (χ0n) is 18.0. The van der Waals surface area contributed by atoms with Gasteiger partial charge in [0, 0.05) is 24.6 Å². The number of carbonyl (C=O) groups is 3. The molecule has 2 aromatic carbocycles. The van der Waals surface area contributed by atoms with E-state index in [9.17, 15) is 14.4 Å². The lowest BCUT2D eigenvalue weighted by atomic mass is 10.0. The third-order valence-electron chi connectivity index (χ3n) is 4.14. The summed E-state index contributed by atoms with van der Waals surface area (Å²) in [7, 11) is 1.70. The lowest BCUT2D eigenvalue weighted by Gasteiger charge is -2.14. The van der Waals surface area contributed by atoms with Crippen molar-refractivity contribution in [3.8, 4) is 28.4 Å². The number of ether oxygens (including phenoxy) is 3. The van der Waals surface area contributed by atoms with E-state index in [1.807, 2.05) is 0 Å². The molecule has 2 rings (SSSR count). The number of carbonyl (C=O) groups excluding carboxylic acids is 3. The van der Waals surface area contributed by atoms with Gasteiger partial charge in [-0.2, -0.15) is 0 Å². The van der Waals surface area contributed by atoms with E-state index in [1.165, 1.54) is 6.92 Å². The highest BCUT2D eigenvalue weighted by Gasteiger charge is 2.16. The number of nitrogens with one attached hydrogen (secondary N) is 1. The van der Waals surface area contributed by atoms with Crippen LogP contribution in [0, 0.1) is 0 Å². The average molecular weight is 423 g/mol. The van der Waals surface area contributed by atoms with E-state index in [1.54, 1.807) is 57.3 Å². The molecule has 0 radical (unpaired) electrons. The van der Waals surface area contributed by atoms with Gasteiger partial charge in [0.15, 0.2) is 17.2 Å². The molecule has 0 bridgehead atoms. The van der Waals surface area contributed by atoms with Gasteiger partial charge in [-0.25, -0.2) is 9.59 Å². The van der Waals surface area contributed by atoms with Crippen molar-refractivity contribution in [2.75, 3.05) is 12.4 Å². The van der Waals surface area contributed by atoms with Crippen LogP contribution >= 0.6 is 0 Å². The molecule has 0 aliphatic rings. The molecule has 0 fully saturated rings. The van der Waals surface area contributed by atoms with Crippen LogP contribution in [0.25, 0.3) is 11.1 Å². The zero-order valence-corrected chi connectivity index (χ0v) is 18.0. The van der Waals surface area contributed by atoms with Crippen molar-refractivity contribution in [1.29, 1.82) is 0 Å². The van der Waals surface area contributed by atoms with Crippen molar-refractivity contribution in [2.45, 2.75) is 27.2 Å². The summed E-state index contributed by atoms with van der Waals surface area (Å²) in [6.07, 6.45) is 0.172. The highest BCUT2D eigenvalue weighted by molar-refractivity contribution is 5.91. The Morgan fingerprint density at radius 2 is 1.32 bits per heavy atom. The zero-order chi connectivity index (χ0) is 23.1. The van der Waals surface area contributed by atoms with Crippen LogP contribution in [0.5, 0.6) is 17.2 Å². The Kier molecular flexibility index (Phi) is 7.74. The standard InChI is InChI=1S/C24H25NO6/c1-7-22(26)29-20-11-9-17(13-21(20)31-24(28)15(4)5)16-8-10-19(18(12-16)25-6)30-23(27)14(2)3/h8-13,25H,2,4,7H2,1,3,5-6H3. The molecule has 0 atom stereocenters. The molecule has 7 heteroatoms. The van der Waals surface area contributed by atoms with Gasteiger partial charge in [0.05, 0.1) is 5.69 Å². The summed E-state index contributed by atoms with van der Waals surface area (Å²) >= 11 is 0. The van der Waals surface area contributed by atoms with Gasteiger partial charge in [0.1, 0.15) is 0 Å². The minimum atomic E-state index is -0.635. The lowest BCUT2D eigenvalue weighted by Crippen LogP contribution is -2.12. The number of benzene rings is 2. The number of hydrogen-bond donors (Lipinski definition) is 1. The fourth-order valence-electron chi connectivity index (χ4n) is 2.41. The molecule has 0 spiro atoms. The second-order valence-electron chi connectivity index (χ2n) is 6.79. The predicted molar refractivity (Wildman–Crippen MR) is 118 cm³/mol. The van der Waals surface area contributed by atoms with Crippen LogP contribution < -0.4 is 19.5 Å². The molecule has 0 aliphatic heterocycles. The Bertz CT molecular complexity index is 1050. The van der Waals surface area contributed by atoms with E-state index >= 15 is 0 Å². The summed E-state index contributed by atoms with van der Waals surface area (Å²) in [4.78, 5) is 35.6. The Hall–Kier alpha value is -3.87. The highest BCUT2D eigenvalue weighted by atomic mass is 16.6. The van der Waals surface area contributed by atoms with Crippen molar-refractivity contribution < 1.29 is 28.6 Å². The SMILES string of the molecule is C=C(C)C(=O)Oc1ccc(-c2ccc(OC(=O)CC)c(OC(=O)C(=C)C)c2)cc1NC. The van der Waals surface area contributed by atoms with Gasteiger partial charge >= 0.3 is 17.9 Å². The van der Waals surface area contributed by atoms with Gasteiger partial charge in [0.2, 0.25) is 0 Å². The van der Waals surface area contributed by atoms with Gasteiger partial charge in [-0.1, -0.05) is 32.2 Å². The topological polar surface area (TPSA) is 90.9 Å². The van der Waals surface area contributed by atoms with Gasteiger partial charge in [0.25, 0.3) is 0 Å². The third-order valence-corrected chi connectivity index (χ3v) is 4.14. The molecule has 7 nitrogen and oxygen atoms in total. The number of esters is 3. The molecular weight excluding hydrogens is 398 g/mol. The van der Waals surface area contributed by atoms with Crippen LogP contribution in [0.1, 0.15) is 27.2 Å². The second-order valence-corrected chi connectivity index (χ2v) is 6.79. The minimum Gasteiger partial charge on any atom is -0.423 e. The largest absolute Gasteiger partial charge is 0.423 e. The maximum absolute atomic E-state index is 12.0. The van der Waals surface area contributed by atoms with Gasteiger partial charge < -0.3 is 19.5 Å². The van der Waals surface area contributed by atoms with Crippen molar-refractivity contribution >= 4 is 23.6 Å². The van der Waals surface area contributed by atoms with Crippen molar-refractivity contribution in [3.05, 3.63) is 60.7 Å². The molecule has 2 aromatic rings. The van der Waals surface area contributed by atoms with Crippen molar-refractivity contribution in [2.24, 2.45) is 0 Å². The predicted octanol–water partition coefficient (Wildman–Crippen LogP) is 4.67. The highest BCUT2D eigenvalue weighted by Crippen LogP contribution is 2.36. The van der Waals surface area contributed by atoms with Gasteiger partial charge in [-0.15, -0.1) is 0 Å². The Labute approximate surface area is 181 Å². The second kappa shape index (κ2) is 10.2. The van der Waals surface area contributed by atoms with E-state index in [4.69, 9.17) is 14.2 Å². The normalized spacial score (nSPS) is 10.1. The summed E-state index contributed by atoms with van der Waals surface area (Å²) in [5.74, 6) is -1.05. The molecule has 162 valence electrons. The van der Waals surface area contributed by atoms with E-state index < -0.39 is 17.9 Å². The first-order chi connectivity index (χ1) is 14.7. The van der Waals surface area contributed by atoms with E-state index in [0.717, 1.165) is 5.56 Å². The molecule has 0 heterocycles. The summed E-state index contributed by atoms with van der Waals surface area (Å²) in [5, 5.41) is 2.98. The monoisotopic (exact) mass is 423 g/mol. The van der Waals surface area contributed by atoms with E-state index in [0.29, 0.717) is 17.0 Å². The molecule has 1 N–H and O–H groups in total. The van der Waals surface area contributed by atoms with Crippen LogP contribution in [0.2, 0.25) is 0 Å². The summed E-state index contributed by atoms with van der Waals surface area (Å²) in [6.45, 7) is 11.9. The van der Waals surface area contributed by atoms with Crippen LogP contribution in [0.15, 0.2) is 60.7 Å². The quantitative estimate of drug-likeness (QED) is 0.375. The van der Waals surface area contributed by atoms with Gasteiger partial charge in [-0.3, -0.25) is 4.79 Å². The Morgan fingerprint density at radius 1 is 0.806 bits per heavy atom. The van der Waals surface area contributed by atoms with Crippen LogP contribution in [-0.4, -0.2) is 25.0 Å². The maximum Gasteiger partial charge on any atom is 0.338 e. The molecule has 31 heavy (non-hydrogen) atoms. The maximum atomic E-state index is 12.0. The number of anilines is 1. The smallest absolute Gasteiger partial charge is 0.338 e. The van der Waals surface area contributed by atoms with Crippen LogP contribution in [0.3, 0.4) is 0 Å². The molecule has 0 aliphatic carbocycles. The number of rotatable bonds is 8. The lowest BCUT2D eigenvalue weighted by molar-refractivity contribution is -0.135. The fraction of sp³-hybridized carbons (Fsp3) is 0.208. The number of hydrogen-bond acceptors (Lipinski definition) is 7. The summed E-state index contributed by atoms with van der Waals surface area (Å²) in [5.41, 5.74) is 2.51. The molecule has 0 aromatic heterocycles. The summed E-state index contributed by atoms with van der Waals surface area (Å²) < 4.78 is 16.0. The fourth-order valence-corrected chi connectivity index (χ4v) is 2.41. The van der Waals surface area contributed by atoms with Crippen molar-refractivity contribution in [1.82, 2.24) is 0 Å². The van der Waals surface area contributed by atoms with E-state index in [-0.39, 0.29) is 29.1 Å². The average Bonchev–Trinajstić information content (AvgIpc) is 2.74.